The molecular formula is C13H14ClN3O2S. The number of rotatable bonds is 6. The summed E-state index contributed by atoms with van der Waals surface area (Å²) in [7, 11) is 0. The van der Waals surface area contributed by atoms with Gasteiger partial charge in [0.1, 0.15) is 5.52 Å². The Morgan fingerprint density at radius 1 is 1.55 bits per heavy atom. The van der Waals surface area contributed by atoms with E-state index in [1.807, 2.05) is 4.57 Å². The van der Waals surface area contributed by atoms with Crippen LogP contribution < -0.4 is 0 Å². The molecule has 5 nitrogen and oxygen atoms in total. The van der Waals surface area contributed by atoms with Gasteiger partial charge in [-0.25, -0.2) is 9.97 Å². The summed E-state index contributed by atoms with van der Waals surface area (Å²) in [5, 5.41) is 10.1. The third-order valence-electron chi connectivity index (χ3n) is 3.30. The van der Waals surface area contributed by atoms with Crippen molar-refractivity contribution in [3.05, 3.63) is 17.3 Å². The van der Waals surface area contributed by atoms with Crippen LogP contribution in [0.3, 0.4) is 0 Å². The van der Waals surface area contributed by atoms with Gasteiger partial charge in [-0.3, -0.25) is 4.79 Å². The number of thioether (sulfide) groups is 1. The van der Waals surface area contributed by atoms with E-state index in [-0.39, 0.29) is 5.75 Å². The zero-order valence-corrected chi connectivity index (χ0v) is 12.3. The van der Waals surface area contributed by atoms with E-state index in [0.29, 0.717) is 10.2 Å². The molecule has 7 heteroatoms. The van der Waals surface area contributed by atoms with Crippen molar-refractivity contribution in [2.24, 2.45) is 5.92 Å². The number of hydrogen-bond donors (Lipinski definition) is 1. The number of fused-ring (bicyclic) bond motifs is 1. The van der Waals surface area contributed by atoms with Crippen molar-refractivity contribution in [1.29, 1.82) is 0 Å². The number of nitrogens with zero attached hydrogens (tertiary/aromatic N) is 3. The first kappa shape index (κ1) is 13.7. The molecule has 0 bridgehead atoms. The van der Waals surface area contributed by atoms with Crippen molar-refractivity contribution in [2.45, 2.75) is 31.0 Å². The number of pyridine rings is 1. The van der Waals surface area contributed by atoms with Gasteiger partial charge in [0.15, 0.2) is 10.8 Å². The molecule has 2 heterocycles. The van der Waals surface area contributed by atoms with E-state index in [1.165, 1.54) is 24.6 Å². The lowest BCUT2D eigenvalue weighted by atomic mass is 10.3. The Morgan fingerprint density at radius 3 is 3.05 bits per heavy atom. The predicted octanol–water partition coefficient (Wildman–Crippen LogP) is 3.06. The van der Waals surface area contributed by atoms with Gasteiger partial charge >= 0.3 is 5.97 Å². The Bertz CT molecular complexity index is 654. The Morgan fingerprint density at radius 2 is 2.35 bits per heavy atom. The van der Waals surface area contributed by atoms with Crippen LogP contribution in [0.4, 0.5) is 0 Å². The molecule has 2 aromatic rings. The molecule has 20 heavy (non-hydrogen) atoms. The van der Waals surface area contributed by atoms with Crippen LogP contribution >= 0.6 is 23.4 Å². The number of carboxylic acid groups (broad SMARTS) is 1. The number of aliphatic carboxylic acids is 1. The summed E-state index contributed by atoms with van der Waals surface area (Å²) in [5.41, 5.74) is 1.50. The summed E-state index contributed by atoms with van der Waals surface area (Å²) in [4.78, 5) is 19.5. The first-order chi connectivity index (χ1) is 9.63. The molecule has 1 saturated carbocycles. The fraction of sp³-hybridized carbons (Fsp3) is 0.462. The maximum Gasteiger partial charge on any atom is 0.313 e. The summed E-state index contributed by atoms with van der Waals surface area (Å²) >= 11 is 7.16. The van der Waals surface area contributed by atoms with Gasteiger partial charge in [-0.05, 0) is 18.4 Å². The van der Waals surface area contributed by atoms with Crippen molar-refractivity contribution in [3.8, 4) is 0 Å². The fourth-order valence-corrected chi connectivity index (χ4v) is 3.02. The van der Waals surface area contributed by atoms with E-state index in [4.69, 9.17) is 16.7 Å². The number of aromatic nitrogens is 3. The summed E-state index contributed by atoms with van der Waals surface area (Å²) in [6.07, 6.45) is 5.29. The summed E-state index contributed by atoms with van der Waals surface area (Å²) in [6, 6.07) is 1.77. The van der Waals surface area contributed by atoms with E-state index in [2.05, 4.69) is 9.97 Å². The van der Waals surface area contributed by atoms with Gasteiger partial charge in [-0.1, -0.05) is 36.2 Å². The Balaban J connectivity index is 1.91. The van der Waals surface area contributed by atoms with Crippen molar-refractivity contribution in [3.63, 3.8) is 0 Å². The predicted molar refractivity (Wildman–Crippen MR) is 78.2 cm³/mol. The Kier molecular flexibility index (Phi) is 3.85. The van der Waals surface area contributed by atoms with Crippen LogP contribution in [0.2, 0.25) is 5.02 Å². The summed E-state index contributed by atoms with van der Waals surface area (Å²) < 4.78 is 2.01. The summed E-state index contributed by atoms with van der Waals surface area (Å²) in [6.45, 7) is 0.831. The molecule has 0 atom stereocenters. The minimum atomic E-state index is -0.846. The third-order valence-corrected chi connectivity index (χ3v) is 4.47. The van der Waals surface area contributed by atoms with Gasteiger partial charge in [0.25, 0.3) is 0 Å². The zero-order valence-electron chi connectivity index (χ0n) is 10.8. The van der Waals surface area contributed by atoms with Crippen LogP contribution in [0, 0.1) is 5.92 Å². The van der Waals surface area contributed by atoms with Crippen LogP contribution in [-0.2, 0) is 11.3 Å². The van der Waals surface area contributed by atoms with E-state index in [1.54, 1.807) is 12.3 Å². The fourth-order valence-electron chi connectivity index (χ4n) is 2.12. The highest BCUT2D eigenvalue weighted by molar-refractivity contribution is 7.99. The molecule has 1 aliphatic rings. The smallest absolute Gasteiger partial charge is 0.313 e. The molecule has 3 rings (SSSR count). The second-order valence-corrected chi connectivity index (χ2v) is 6.34. The van der Waals surface area contributed by atoms with Crippen molar-refractivity contribution in [2.75, 3.05) is 5.75 Å². The van der Waals surface area contributed by atoms with Crippen molar-refractivity contribution in [1.82, 2.24) is 14.5 Å². The maximum atomic E-state index is 10.7. The average Bonchev–Trinajstić information content (AvgIpc) is 3.16. The topological polar surface area (TPSA) is 68.0 Å². The number of hydrogen-bond acceptors (Lipinski definition) is 4. The lowest BCUT2D eigenvalue weighted by molar-refractivity contribution is -0.133. The lowest BCUT2D eigenvalue weighted by Gasteiger charge is -2.06. The van der Waals surface area contributed by atoms with Crippen molar-refractivity contribution >= 4 is 40.5 Å². The minimum Gasteiger partial charge on any atom is -0.481 e. The average molecular weight is 312 g/mol. The molecule has 1 N–H and O–H groups in total. The number of halogens is 1. The molecule has 0 aromatic carbocycles. The highest BCUT2D eigenvalue weighted by Crippen LogP contribution is 2.34. The quantitative estimate of drug-likeness (QED) is 0.830. The molecule has 0 aliphatic heterocycles. The molecule has 0 amide bonds. The van der Waals surface area contributed by atoms with Crippen molar-refractivity contribution < 1.29 is 9.90 Å². The van der Waals surface area contributed by atoms with E-state index in [0.717, 1.165) is 30.0 Å². The van der Waals surface area contributed by atoms with Gasteiger partial charge in [0, 0.05) is 12.7 Å². The first-order valence-electron chi connectivity index (χ1n) is 6.50. The monoisotopic (exact) mass is 311 g/mol. The normalized spacial score (nSPS) is 14.8. The first-order valence-corrected chi connectivity index (χ1v) is 7.86. The minimum absolute atomic E-state index is 0.000479. The second-order valence-electron chi connectivity index (χ2n) is 4.96. The third kappa shape index (κ3) is 3.07. The summed E-state index contributed by atoms with van der Waals surface area (Å²) in [5.74, 6) is -0.0422. The van der Waals surface area contributed by atoms with Gasteiger partial charge in [0.05, 0.1) is 10.8 Å². The number of carboxylic acids is 1. The maximum absolute atomic E-state index is 10.7. The Labute approximate surface area is 125 Å². The van der Waals surface area contributed by atoms with Crippen LogP contribution in [-0.4, -0.2) is 31.4 Å². The van der Waals surface area contributed by atoms with E-state index in [9.17, 15) is 4.79 Å². The molecule has 1 fully saturated rings. The van der Waals surface area contributed by atoms with Gasteiger partial charge < -0.3 is 9.67 Å². The standard InChI is InChI=1S/C13H14ClN3O2S/c14-9-5-10-12(15-6-9)17(4-3-8-1-2-8)13(16-10)20-7-11(18)19/h5-6,8H,1-4,7H2,(H,18,19). The molecule has 1 aliphatic carbocycles. The molecular weight excluding hydrogens is 298 g/mol. The Hall–Kier alpha value is -1.27. The molecule has 0 saturated heterocycles. The lowest BCUT2D eigenvalue weighted by Crippen LogP contribution is -2.04. The highest BCUT2D eigenvalue weighted by atomic mass is 35.5. The molecule has 0 unspecified atom stereocenters. The number of imidazole rings is 1. The largest absolute Gasteiger partial charge is 0.481 e. The molecule has 2 aromatic heterocycles. The van der Waals surface area contributed by atoms with Crippen LogP contribution in [0.25, 0.3) is 11.2 Å². The van der Waals surface area contributed by atoms with Gasteiger partial charge in [0.2, 0.25) is 0 Å². The van der Waals surface area contributed by atoms with E-state index < -0.39 is 5.97 Å². The molecule has 106 valence electrons. The van der Waals surface area contributed by atoms with Gasteiger partial charge in [-0.2, -0.15) is 0 Å². The van der Waals surface area contributed by atoms with E-state index >= 15 is 0 Å². The van der Waals surface area contributed by atoms with Crippen LogP contribution in [0.15, 0.2) is 17.4 Å². The molecule has 0 radical (unpaired) electrons. The second kappa shape index (κ2) is 5.61. The highest BCUT2D eigenvalue weighted by Gasteiger charge is 2.22. The molecule has 0 spiro atoms. The van der Waals surface area contributed by atoms with Crippen LogP contribution in [0.1, 0.15) is 19.3 Å². The number of carbonyl (C=O) groups is 1. The van der Waals surface area contributed by atoms with Gasteiger partial charge in [-0.15, -0.1) is 0 Å². The zero-order chi connectivity index (χ0) is 14.1. The number of aryl methyl sites for hydroxylation is 1. The SMILES string of the molecule is O=C(O)CSc1nc2cc(Cl)cnc2n1CCC1CC1. The van der Waals surface area contributed by atoms with Crippen LogP contribution in [0.5, 0.6) is 0 Å².